The normalized spacial score (nSPS) is 9.38. The van der Waals surface area contributed by atoms with E-state index in [1.54, 1.807) is 13.0 Å². The number of halogens is 2. The van der Waals surface area contributed by atoms with Crippen LogP contribution in [0.5, 0.6) is 0 Å². The molecule has 13 heavy (non-hydrogen) atoms. The summed E-state index contributed by atoms with van der Waals surface area (Å²) in [5, 5.41) is 11.4. The number of aryl methyl sites for hydroxylation is 1. The van der Waals surface area contributed by atoms with Gasteiger partial charge < -0.3 is 5.32 Å². The maximum atomic E-state index is 12.9. The van der Waals surface area contributed by atoms with Crippen molar-refractivity contribution in [3.05, 3.63) is 28.5 Å². The van der Waals surface area contributed by atoms with Crippen molar-refractivity contribution in [2.75, 3.05) is 11.9 Å². The maximum absolute atomic E-state index is 12.9. The number of hydrogen-bond acceptors (Lipinski definition) is 2. The molecule has 0 fully saturated rings. The number of rotatable bonds is 2. The Kier molecular flexibility index (Phi) is 3.10. The Labute approximate surface area is 80.9 Å². The molecule has 0 amide bonds. The van der Waals surface area contributed by atoms with Gasteiger partial charge in [0.1, 0.15) is 12.4 Å². The molecule has 0 spiro atoms. The molecule has 1 aromatic carbocycles. The quantitative estimate of drug-likeness (QED) is 0.742. The first-order chi connectivity index (χ1) is 6.15. The standard InChI is InChI=1S/C9H8ClFN2/c1-6-4-9(13-3-2-12)7(10)5-8(6)11/h4-5,13H,3H2,1H3. The van der Waals surface area contributed by atoms with E-state index in [-0.39, 0.29) is 12.4 Å². The van der Waals surface area contributed by atoms with Gasteiger partial charge >= 0.3 is 0 Å². The van der Waals surface area contributed by atoms with Crippen LogP contribution in [0.3, 0.4) is 0 Å². The van der Waals surface area contributed by atoms with Gasteiger partial charge in [-0.25, -0.2) is 4.39 Å². The molecular formula is C9H8ClFN2. The highest BCUT2D eigenvalue weighted by atomic mass is 35.5. The first-order valence-electron chi connectivity index (χ1n) is 3.71. The first-order valence-corrected chi connectivity index (χ1v) is 4.09. The summed E-state index contributed by atoms with van der Waals surface area (Å²) in [5.41, 5.74) is 1.09. The van der Waals surface area contributed by atoms with Crippen LogP contribution in [0.1, 0.15) is 5.56 Å². The van der Waals surface area contributed by atoms with Crippen molar-refractivity contribution < 1.29 is 4.39 Å². The Morgan fingerprint density at radius 1 is 1.62 bits per heavy atom. The number of nitriles is 1. The average molecular weight is 199 g/mol. The van der Waals surface area contributed by atoms with Gasteiger partial charge in [0.2, 0.25) is 0 Å². The fourth-order valence-electron chi connectivity index (χ4n) is 0.927. The lowest BCUT2D eigenvalue weighted by Gasteiger charge is -2.06. The average Bonchev–Trinajstić information content (AvgIpc) is 2.09. The largest absolute Gasteiger partial charge is 0.371 e. The zero-order valence-corrected chi connectivity index (χ0v) is 7.82. The van der Waals surface area contributed by atoms with Crippen LogP contribution in [0.15, 0.2) is 12.1 Å². The van der Waals surface area contributed by atoms with Crippen LogP contribution in [0.4, 0.5) is 10.1 Å². The fourth-order valence-corrected chi connectivity index (χ4v) is 1.14. The first kappa shape index (κ1) is 9.82. The lowest BCUT2D eigenvalue weighted by atomic mass is 10.2. The summed E-state index contributed by atoms with van der Waals surface area (Å²) in [7, 11) is 0. The van der Waals surface area contributed by atoms with Crippen LogP contribution in [0, 0.1) is 24.1 Å². The summed E-state index contributed by atoms with van der Waals surface area (Å²) >= 11 is 5.73. The highest BCUT2D eigenvalue weighted by molar-refractivity contribution is 6.33. The summed E-state index contributed by atoms with van der Waals surface area (Å²) in [4.78, 5) is 0. The lowest BCUT2D eigenvalue weighted by molar-refractivity contribution is 0.619. The molecule has 0 saturated heterocycles. The molecule has 0 heterocycles. The van der Waals surface area contributed by atoms with Crippen LogP contribution in [-0.2, 0) is 0 Å². The van der Waals surface area contributed by atoms with E-state index in [0.717, 1.165) is 0 Å². The van der Waals surface area contributed by atoms with Crippen LogP contribution in [0.25, 0.3) is 0 Å². The third kappa shape index (κ3) is 2.33. The predicted molar refractivity (Wildman–Crippen MR) is 50.2 cm³/mol. The molecule has 1 aromatic rings. The second-order valence-electron chi connectivity index (χ2n) is 2.59. The molecule has 1 N–H and O–H groups in total. The van der Waals surface area contributed by atoms with Crippen molar-refractivity contribution in [2.24, 2.45) is 0 Å². The zero-order chi connectivity index (χ0) is 9.84. The van der Waals surface area contributed by atoms with E-state index in [4.69, 9.17) is 16.9 Å². The van der Waals surface area contributed by atoms with E-state index in [0.29, 0.717) is 16.3 Å². The molecule has 0 unspecified atom stereocenters. The summed E-state index contributed by atoms with van der Waals surface area (Å²) in [6.07, 6.45) is 0. The van der Waals surface area contributed by atoms with E-state index in [1.807, 2.05) is 6.07 Å². The molecule has 0 aliphatic heterocycles. The third-order valence-corrected chi connectivity index (χ3v) is 1.92. The maximum Gasteiger partial charge on any atom is 0.127 e. The minimum atomic E-state index is -0.340. The number of anilines is 1. The topological polar surface area (TPSA) is 35.8 Å². The Hall–Kier alpha value is -1.27. The lowest BCUT2D eigenvalue weighted by Crippen LogP contribution is -2.00. The van der Waals surface area contributed by atoms with Gasteiger partial charge in [-0.05, 0) is 24.6 Å². The van der Waals surface area contributed by atoms with Crippen molar-refractivity contribution in [3.63, 3.8) is 0 Å². The van der Waals surface area contributed by atoms with E-state index in [1.165, 1.54) is 6.07 Å². The molecule has 0 aromatic heterocycles. The Morgan fingerprint density at radius 2 is 2.31 bits per heavy atom. The van der Waals surface area contributed by atoms with E-state index in [9.17, 15) is 4.39 Å². The SMILES string of the molecule is Cc1cc(NCC#N)c(Cl)cc1F. The van der Waals surface area contributed by atoms with Gasteiger partial charge in [0, 0.05) is 0 Å². The Balaban J connectivity index is 2.96. The molecule has 1 rings (SSSR count). The van der Waals surface area contributed by atoms with Gasteiger partial charge in [-0.3, -0.25) is 0 Å². The Morgan fingerprint density at radius 3 is 2.92 bits per heavy atom. The monoisotopic (exact) mass is 198 g/mol. The molecule has 0 aliphatic rings. The summed E-state index contributed by atoms with van der Waals surface area (Å²) < 4.78 is 12.9. The molecule has 0 saturated carbocycles. The molecule has 0 radical (unpaired) electrons. The number of nitrogens with one attached hydrogen (secondary N) is 1. The zero-order valence-electron chi connectivity index (χ0n) is 7.06. The van der Waals surface area contributed by atoms with Crippen molar-refractivity contribution in [1.82, 2.24) is 0 Å². The summed E-state index contributed by atoms with van der Waals surface area (Å²) in [6.45, 7) is 1.80. The molecule has 0 aliphatic carbocycles. The van der Waals surface area contributed by atoms with Crippen LogP contribution >= 0.6 is 11.6 Å². The smallest absolute Gasteiger partial charge is 0.127 e. The molecule has 0 bridgehead atoms. The van der Waals surface area contributed by atoms with Gasteiger partial charge in [-0.15, -0.1) is 0 Å². The van der Waals surface area contributed by atoms with Crippen molar-refractivity contribution >= 4 is 17.3 Å². The predicted octanol–water partition coefficient (Wildman–Crippen LogP) is 2.72. The second-order valence-corrected chi connectivity index (χ2v) is 3.00. The highest BCUT2D eigenvalue weighted by Crippen LogP contribution is 2.24. The van der Waals surface area contributed by atoms with Crippen molar-refractivity contribution in [2.45, 2.75) is 6.92 Å². The number of benzene rings is 1. The second kappa shape index (κ2) is 4.11. The van der Waals surface area contributed by atoms with E-state index < -0.39 is 0 Å². The molecular weight excluding hydrogens is 191 g/mol. The number of hydrogen-bond donors (Lipinski definition) is 1. The molecule has 68 valence electrons. The minimum Gasteiger partial charge on any atom is -0.371 e. The summed E-state index contributed by atoms with van der Waals surface area (Å²) in [5.74, 6) is -0.340. The number of nitrogens with zero attached hydrogens (tertiary/aromatic N) is 1. The van der Waals surface area contributed by atoms with Crippen LogP contribution in [0.2, 0.25) is 5.02 Å². The van der Waals surface area contributed by atoms with Gasteiger partial charge in [0.25, 0.3) is 0 Å². The van der Waals surface area contributed by atoms with Gasteiger partial charge in [0.05, 0.1) is 16.8 Å². The molecule has 4 heteroatoms. The molecule has 2 nitrogen and oxygen atoms in total. The van der Waals surface area contributed by atoms with Gasteiger partial charge in [-0.1, -0.05) is 11.6 Å². The third-order valence-electron chi connectivity index (χ3n) is 1.61. The van der Waals surface area contributed by atoms with E-state index in [2.05, 4.69) is 5.32 Å². The van der Waals surface area contributed by atoms with Crippen molar-refractivity contribution in [3.8, 4) is 6.07 Å². The highest BCUT2D eigenvalue weighted by Gasteiger charge is 2.04. The van der Waals surface area contributed by atoms with Crippen LogP contribution in [-0.4, -0.2) is 6.54 Å². The summed E-state index contributed by atoms with van der Waals surface area (Å²) in [6, 6.07) is 4.73. The molecule has 0 atom stereocenters. The van der Waals surface area contributed by atoms with Gasteiger partial charge in [-0.2, -0.15) is 5.26 Å². The van der Waals surface area contributed by atoms with Gasteiger partial charge in [0.15, 0.2) is 0 Å². The minimum absolute atomic E-state index is 0.158. The van der Waals surface area contributed by atoms with Crippen LogP contribution < -0.4 is 5.32 Å². The van der Waals surface area contributed by atoms with Crippen molar-refractivity contribution in [1.29, 1.82) is 5.26 Å². The fraction of sp³-hybridized carbons (Fsp3) is 0.222. The van der Waals surface area contributed by atoms with E-state index >= 15 is 0 Å². The Bertz CT molecular complexity index is 357.